The van der Waals surface area contributed by atoms with E-state index in [4.69, 9.17) is 18.3 Å². The molecule has 39 heavy (non-hydrogen) atoms. The Kier molecular flexibility index (Phi) is 11.3. The Hall–Kier alpha value is -3.47. The highest BCUT2D eigenvalue weighted by Crippen LogP contribution is 2.41. The zero-order chi connectivity index (χ0) is 28.3. The van der Waals surface area contributed by atoms with Crippen molar-refractivity contribution in [3.63, 3.8) is 0 Å². The molecular weight excluding hydrogens is 526 g/mol. The molecule has 1 N–H and O–H groups in total. The van der Waals surface area contributed by atoms with E-state index in [0.29, 0.717) is 39.3 Å². The number of rotatable bonds is 16. The number of nitrogens with one attached hydrogen (secondary N) is 1. The van der Waals surface area contributed by atoms with E-state index >= 15 is 0 Å². The van der Waals surface area contributed by atoms with Gasteiger partial charge in [0, 0.05) is 11.8 Å². The van der Waals surface area contributed by atoms with Gasteiger partial charge in [-0.05, 0) is 41.7 Å². The van der Waals surface area contributed by atoms with Crippen LogP contribution >= 0.6 is 0 Å². The first-order valence-electron chi connectivity index (χ1n) is 13.0. The molecule has 0 saturated heterocycles. The van der Waals surface area contributed by atoms with Crippen LogP contribution in [0.15, 0.2) is 51.6 Å². The fraction of sp³-hybridized carbons (Fsp3) is 0.519. The molecule has 1 aromatic heterocycles. The molecule has 0 bridgehead atoms. The second kappa shape index (κ2) is 14.6. The van der Waals surface area contributed by atoms with Gasteiger partial charge < -0.3 is 14.8 Å². The fourth-order valence-electron chi connectivity index (χ4n) is 4.57. The molecule has 1 aromatic carbocycles. The number of aromatic nitrogens is 2. The lowest BCUT2D eigenvalue weighted by molar-refractivity contribution is -0.139. The normalized spacial score (nSPS) is 15.7. The average Bonchev–Trinajstić information content (AvgIpc) is 3.37. The molecule has 0 spiro atoms. The van der Waals surface area contributed by atoms with Crippen molar-refractivity contribution in [1.29, 1.82) is 0 Å². The zero-order valence-electron chi connectivity index (χ0n) is 22.5. The Morgan fingerprint density at radius 2 is 1.74 bits per heavy atom. The van der Waals surface area contributed by atoms with Crippen LogP contribution in [0.5, 0.6) is 0 Å². The van der Waals surface area contributed by atoms with Crippen LogP contribution in [0.4, 0.5) is 0 Å². The minimum absolute atomic E-state index is 0.234. The molecule has 1 aliphatic rings. The van der Waals surface area contributed by atoms with Crippen LogP contribution in [0.3, 0.4) is 0 Å². The van der Waals surface area contributed by atoms with Crippen LogP contribution in [-0.2, 0) is 33.4 Å². The van der Waals surface area contributed by atoms with Crippen LogP contribution in [-0.4, -0.2) is 57.2 Å². The van der Waals surface area contributed by atoms with Crippen molar-refractivity contribution in [3.8, 4) is 0 Å². The summed E-state index contributed by atoms with van der Waals surface area (Å²) < 4.78 is 42.8. The largest absolute Gasteiger partial charge is 0.498 e. The van der Waals surface area contributed by atoms with Gasteiger partial charge in [0.1, 0.15) is 22.7 Å². The second-order valence-corrected chi connectivity index (χ2v) is 11.0. The number of esters is 1. The van der Waals surface area contributed by atoms with Crippen molar-refractivity contribution < 1.29 is 36.3 Å². The molecule has 0 radical (unpaired) electrons. The van der Waals surface area contributed by atoms with Crippen molar-refractivity contribution >= 4 is 33.1 Å². The molecule has 2 aromatic rings. The molecule has 12 heteroatoms. The summed E-state index contributed by atoms with van der Waals surface area (Å²) >= 11 is 0. The van der Waals surface area contributed by atoms with Gasteiger partial charge in [-0.15, -0.1) is 0 Å². The summed E-state index contributed by atoms with van der Waals surface area (Å²) in [6, 6.07) is 5.35. The lowest BCUT2D eigenvalue weighted by Crippen LogP contribution is -2.30. The van der Waals surface area contributed by atoms with Crippen LogP contribution < -0.4 is 5.32 Å². The third kappa shape index (κ3) is 8.51. The summed E-state index contributed by atoms with van der Waals surface area (Å²) in [6.45, 7) is 2.25. The molecule has 0 saturated carbocycles. The number of carbonyl (C=O) groups is 1. The number of unbranched alkanes of at least 4 members (excludes halogenated alkanes) is 7. The Morgan fingerprint density at radius 1 is 1.08 bits per heavy atom. The molecular formula is C27H35N3O8S. The standard InChI is InChI=1S/C27H35N3O8S/c1-19-23(27(32)36-17-10-8-6-4-5-7-9-11-18-37-39(3,33)34)24(26(35-2)22(28-19)15-16-31)20-13-12-14-21-25(20)30-38-29-21/h12-15,24,28H,4-11,17-18H2,1-3H3/t24-/m0/s1. The van der Waals surface area contributed by atoms with Gasteiger partial charge in [-0.3, -0.25) is 4.18 Å². The monoisotopic (exact) mass is 561 g/mol. The third-order valence-corrected chi connectivity index (χ3v) is 6.98. The van der Waals surface area contributed by atoms with Crippen molar-refractivity contribution in [2.75, 3.05) is 26.6 Å². The highest BCUT2D eigenvalue weighted by Gasteiger charge is 2.37. The number of carbonyl (C=O) groups excluding carboxylic acids is 2. The van der Waals surface area contributed by atoms with E-state index in [1.54, 1.807) is 25.0 Å². The van der Waals surface area contributed by atoms with Crippen molar-refractivity contribution in [3.05, 3.63) is 52.6 Å². The maximum Gasteiger partial charge on any atom is 0.336 e. The summed E-state index contributed by atoms with van der Waals surface area (Å²) in [5.41, 5.74) is 2.92. The van der Waals surface area contributed by atoms with Gasteiger partial charge in [0.2, 0.25) is 0 Å². The first kappa shape index (κ1) is 30.1. The van der Waals surface area contributed by atoms with E-state index in [0.717, 1.165) is 57.6 Å². The highest BCUT2D eigenvalue weighted by atomic mass is 32.2. The lowest BCUT2D eigenvalue weighted by atomic mass is 9.84. The number of ether oxygens (including phenoxy) is 2. The van der Waals surface area contributed by atoms with Crippen molar-refractivity contribution in [2.45, 2.75) is 64.2 Å². The number of hydrogen-bond acceptors (Lipinski definition) is 11. The maximum absolute atomic E-state index is 13.3. The van der Waals surface area contributed by atoms with Crippen LogP contribution in [0.1, 0.15) is 69.8 Å². The predicted molar refractivity (Wildman–Crippen MR) is 143 cm³/mol. The summed E-state index contributed by atoms with van der Waals surface area (Å²) in [4.78, 5) is 24.5. The Labute approximate surface area is 228 Å². The highest BCUT2D eigenvalue weighted by molar-refractivity contribution is 7.85. The molecule has 1 aliphatic heterocycles. The van der Waals surface area contributed by atoms with Gasteiger partial charge in [0.25, 0.3) is 10.1 Å². The minimum atomic E-state index is -3.36. The molecule has 0 fully saturated rings. The van der Waals surface area contributed by atoms with E-state index in [-0.39, 0.29) is 13.2 Å². The van der Waals surface area contributed by atoms with Crippen LogP contribution in [0.2, 0.25) is 0 Å². The summed E-state index contributed by atoms with van der Waals surface area (Å²) in [6.07, 6.45) is 9.74. The quantitative estimate of drug-likeness (QED) is 0.137. The number of nitrogens with zero attached hydrogens (tertiary/aromatic N) is 2. The smallest absolute Gasteiger partial charge is 0.336 e. The molecule has 3 rings (SSSR count). The molecule has 1 atom stereocenters. The number of hydrogen-bond donors (Lipinski definition) is 1. The Balaban J connectivity index is 1.54. The Morgan fingerprint density at radius 3 is 2.38 bits per heavy atom. The van der Waals surface area contributed by atoms with Gasteiger partial charge in [-0.1, -0.05) is 50.7 Å². The number of methoxy groups -OCH3 is 1. The number of dihydropyridines is 1. The predicted octanol–water partition coefficient (Wildman–Crippen LogP) is 4.07. The van der Waals surface area contributed by atoms with Crippen LogP contribution in [0.25, 0.3) is 11.0 Å². The van der Waals surface area contributed by atoms with Gasteiger partial charge in [0.15, 0.2) is 0 Å². The van der Waals surface area contributed by atoms with Gasteiger partial charge in [0.05, 0.1) is 43.8 Å². The number of benzene rings is 1. The number of fused-ring (bicyclic) bond motifs is 1. The average molecular weight is 562 g/mol. The maximum atomic E-state index is 13.3. The minimum Gasteiger partial charge on any atom is -0.498 e. The Bertz CT molecular complexity index is 1360. The molecule has 11 nitrogen and oxygen atoms in total. The fourth-order valence-corrected chi connectivity index (χ4v) is 4.99. The summed E-state index contributed by atoms with van der Waals surface area (Å²) in [7, 11) is -1.89. The van der Waals surface area contributed by atoms with Gasteiger partial charge in [-0.25, -0.2) is 14.2 Å². The van der Waals surface area contributed by atoms with Gasteiger partial charge >= 0.3 is 5.97 Å². The molecule has 2 heterocycles. The topological polar surface area (TPSA) is 147 Å². The van der Waals surface area contributed by atoms with E-state index in [2.05, 4.69) is 15.6 Å². The first-order chi connectivity index (χ1) is 18.8. The first-order valence-corrected chi connectivity index (χ1v) is 14.8. The second-order valence-electron chi connectivity index (χ2n) is 9.31. The lowest BCUT2D eigenvalue weighted by Gasteiger charge is -2.30. The van der Waals surface area contributed by atoms with Gasteiger partial charge in [-0.2, -0.15) is 8.42 Å². The van der Waals surface area contributed by atoms with E-state index < -0.39 is 22.0 Å². The molecule has 0 amide bonds. The SMILES string of the molecule is COC1=C(C=C=O)NC(C)=C(C(=O)OCCCCCCCCCCOS(C)(=O)=O)[C@@H]1c1cccc2nonc12. The number of allylic oxidation sites excluding steroid dienone is 3. The molecule has 0 unspecified atom stereocenters. The molecule has 0 aliphatic carbocycles. The summed E-state index contributed by atoms with van der Waals surface area (Å²) in [5, 5.41) is 11.0. The zero-order valence-corrected chi connectivity index (χ0v) is 23.3. The van der Waals surface area contributed by atoms with Crippen molar-refractivity contribution in [2.24, 2.45) is 0 Å². The third-order valence-electron chi connectivity index (χ3n) is 6.38. The summed E-state index contributed by atoms with van der Waals surface area (Å²) in [5.74, 6) is 0.939. The van der Waals surface area contributed by atoms with E-state index in [1.165, 1.54) is 13.2 Å². The van der Waals surface area contributed by atoms with E-state index in [9.17, 15) is 18.0 Å². The molecule has 212 valence electrons. The van der Waals surface area contributed by atoms with Crippen LogP contribution in [0, 0.1) is 0 Å². The van der Waals surface area contributed by atoms with E-state index in [1.807, 2.05) is 6.07 Å². The van der Waals surface area contributed by atoms with Crippen molar-refractivity contribution in [1.82, 2.24) is 15.6 Å².